The first kappa shape index (κ1) is 17.0. The Balaban J connectivity index is 1.85. The van der Waals surface area contributed by atoms with Gasteiger partial charge in [0, 0.05) is 18.1 Å². The average molecular weight is 332 g/mol. The molecule has 3 nitrogen and oxygen atoms in total. The van der Waals surface area contributed by atoms with Crippen molar-refractivity contribution in [1.29, 1.82) is 0 Å². The lowest BCUT2D eigenvalue weighted by atomic mass is 9.98. The zero-order chi connectivity index (χ0) is 17.8. The molecule has 3 rings (SSSR count). The maximum absolute atomic E-state index is 12.7. The number of hydrogen-bond acceptors (Lipinski definition) is 1. The van der Waals surface area contributed by atoms with Crippen molar-refractivity contribution in [2.24, 2.45) is 0 Å². The first-order valence-electron chi connectivity index (χ1n) is 8.60. The smallest absolute Gasteiger partial charge is 0.226 e. The molecule has 3 aromatic rings. The number of aromatic nitrogens is 1. The molecule has 1 aromatic heterocycles. The van der Waals surface area contributed by atoms with E-state index in [2.05, 4.69) is 41.9 Å². The SMILES string of the molecule is Cc1ccccc1C(CC(=O)Nc1cccc(C)c1C)n1cccc1. The Morgan fingerprint density at radius 1 is 0.920 bits per heavy atom. The molecule has 0 radical (unpaired) electrons. The Bertz CT molecular complexity index is 865. The van der Waals surface area contributed by atoms with Gasteiger partial charge in [0.15, 0.2) is 0 Å². The van der Waals surface area contributed by atoms with Gasteiger partial charge in [-0.15, -0.1) is 0 Å². The molecule has 2 aromatic carbocycles. The minimum absolute atomic E-state index is 0.0127. The molecule has 1 amide bonds. The fourth-order valence-corrected chi connectivity index (χ4v) is 3.16. The van der Waals surface area contributed by atoms with Crippen molar-refractivity contribution in [3.05, 3.63) is 89.2 Å². The Labute approximate surface area is 149 Å². The third-order valence-corrected chi connectivity index (χ3v) is 4.79. The van der Waals surface area contributed by atoms with Gasteiger partial charge in [-0.05, 0) is 61.2 Å². The summed E-state index contributed by atoms with van der Waals surface area (Å²) in [6.45, 7) is 6.19. The van der Waals surface area contributed by atoms with Crippen LogP contribution >= 0.6 is 0 Å². The van der Waals surface area contributed by atoms with Crippen LogP contribution in [0.5, 0.6) is 0 Å². The lowest BCUT2D eigenvalue weighted by molar-refractivity contribution is -0.116. The van der Waals surface area contributed by atoms with Crippen LogP contribution in [0.1, 0.15) is 34.7 Å². The van der Waals surface area contributed by atoms with Crippen LogP contribution in [-0.4, -0.2) is 10.5 Å². The van der Waals surface area contributed by atoms with Gasteiger partial charge < -0.3 is 9.88 Å². The molecule has 1 unspecified atom stereocenters. The normalized spacial score (nSPS) is 12.0. The quantitative estimate of drug-likeness (QED) is 0.698. The number of benzene rings is 2. The van der Waals surface area contributed by atoms with E-state index in [-0.39, 0.29) is 11.9 Å². The standard InChI is InChI=1S/C22H24N2O/c1-16-10-8-12-20(18(16)3)23-22(25)15-21(24-13-6-7-14-24)19-11-5-4-9-17(19)2/h4-14,21H,15H2,1-3H3,(H,23,25). The van der Waals surface area contributed by atoms with Crippen molar-refractivity contribution in [2.45, 2.75) is 33.2 Å². The highest BCUT2D eigenvalue weighted by Crippen LogP contribution is 2.26. The molecule has 0 aliphatic rings. The molecular weight excluding hydrogens is 308 g/mol. The van der Waals surface area contributed by atoms with E-state index in [0.717, 1.165) is 11.3 Å². The number of carbonyl (C=O) groups is 1. The monoisotopic (exact) mass is 332 g/mol. The van der Waals surface area contributed by atoms with Crippen LogP contribution in [0.3, 0.4) is 0 Å². The van der Waals surface area contributed by atoms with Crippen molar-refractivity contribution in [2.75, 3.05) is 5.32 Å². The summed E-state index contributed by atoms with van der Waals surface area (Å²) in [4.78, 5) is 12.7. The first-order chi connectivity index (χ1) is 12.1. The van der Waals surface area contributed by atoms with Crippen molar-refractivity contribution in [1.82, 2.24) is 4.57 Å². The summed E-state index contributed by atoms with van der Waals surface area (Å²) < 4.78 is 2.10. The Morgan fingerprint density at radius 2 is 1.60 bits per heavy atom. The van der Waals surface area contributed by atoms with E-state index < -0.39 is 0 Å². The molecule has 128 valence electrons. The first-order valence-corrected chi connectivity index (χ1v) is 8.60. The molecule has 0 saturated carbocycles. The lowest BCUT2D eigenvalue weighted by Crippen LogP contribution is -2.20. The maximum Gasteiger partial charge on any atom is 0.226 e. The highest BCUT2D eigenvalue weighted by atomic mass is 16.1. The largest absolute Gasteiger partial charge is 0.346 e. The molecule has 1 heterocycles. The van der Waals surface area contributed by atoms with Crippen molar-refractivity contribution in [3.8, 4) is 0 Å². The summed E-state index contributed by atoms with van der Waals surface area (Å²) in [6, 6.07) is 18.2. The second kappa shape index (κ2) is 7.39. The fraction of sp³-hybridized carbons (Fsp3) is 0.227. The van der Waals surface area contributed by atoms with E-state index in [4.69, 9.17) is 0 Å². The predicted octanol–water partition coefficient (Wildman–Crippen LogP) is 5.03. The molecule has 0 aliphatic heterocycles. The highest BCUT2D eigenvalue weighted by molar-refractivity contribution is 5.92. The van der Waals surface area contributed by atoms with Crippen LogP contribution in [0.15, 0.2) is 67.0 Å². The summed E-state index contributed by atoms with van der Waals surface area (Å²) in [5, 5.41) is 3.08. The van der Waals surface area contributed by atoms with Gasteiger partial charge in [0.25, 0.3) is 0 Å². The van der Waals surface area contributed by atoms with E-state index in [1.54, 1.807) is 0 Å². The van der Waals surface area contributed by atoms with Gasteiger partial charge in [0.2, 0.25) is 5.91 Å². The highest BCUT2D eigenvalue weighted by Gasteiger charge is 2.19. The van der Waals surface area contributed by atoms with Crippen LogP contribution in [0.4, 0.5) is 5.69 Å². The van der Waals surface area contributed by atoms with Gasteiger partial charge in [0.1, 0.15) is 0 Å². The van der Waals surface area contributed by atoms with Crippen LogP contribution in [0.25, 0.3) is 0 Å². The van der Waals surface area contributed by atoms with E-state index in [1.165, 1.54) is 16.7 Å². The average Bonchev–Trinajstić information content (AvgIpc) is 3.12. The second-order valence-corrected chi connectivity index (χ2v) is 6.50. The molecule has 0 saturated heterocycles. The zero-order valence-electron chi connectivity index (χ0n) is 15.0. The Kier molecular flexibility index (Phi) is 5.03. The molecular formula is C22H24N2O. The van der Waals surface area contributed by atoms with Crippen molar-refractivity contribution in [3.63, 3.8) is 0 Å². The van der Waals surface area contributed by atoms with Crippen LogP contribution < -0.4 is 5.32 Å². The third-order valence-electron chi connectivity index (χ3n) is 4.79. The molecule has 3 heteroatoms. The van der Waals surface area contributed by atoms with Gasteiger partial charge >= 0.3 is 0 Å². The number of nitrogens with one attached hydrogen (secondary N) is 1. The van der Waals surface area contributed by atoms with Crippen LogP contribution in [0.2, 0.25) is 0 Å². The maximum atomic E-state index is 12.7. The summed E-state index contributed by atoms with van der Waals surface area (Å²) in [6.07, 6.45) is 4.43. The van der Waals surface area contributed by atoms with E-state index in [9.17, 15) is 4.79 Å². The number of hydrogen-bond donors (Lipinski definition) is 1. The van der Waals surface area contributed by atoms with Gasteiger partial charge in [-0.3, -0.25) is 4.79 Å². The molecule has 0 aliphatic carbocycles. The van der Waals surface area contributed by atoms with Crippen LogP contribution in [-0.2, 0) is 4.79 Å². The minimum Gasteiger partial charge on any atom is -0.346 e. The minimum atomic E-state index is -0.0127. The van der Waals surface area contributed by atoms with Crippen molar-refractivity contribution < 1.29 is 4.79 Å². The topological polar surface area (TPSA) is 34.0 Å². The Morgan fingerprint density at radius 3 is 2.32 bits per heavy atom. The van der Waals surface area contributed by atoms with E-state index in [1.807, 2.05) is 55.7 Å². The zero-order valence-corrected chi connectivity index (χ0v) is 15.0. The number of aryl methyl sites for hydroxylation is 2. The Hall–Kier alpha value is -2.81. The summed E-state index contributed by atoms with van der Waals surface area (Å²) in [5.74, 6) is 0.0238. The summed E-state index contributed by atoms with van der Waals surface area (Å²) >= 11 is 0. The van der Waals surface area contributed by atoms with Gasteiger partial charge in [-0.1, -0.05) is 36.4 Å². The fourth-order valence-electron chi connectivity index (χ4n) is 3.16. The number of nitrogens with zero attached hydrogens (tertiary/aromatic N) is 1. The third kappa shape index (κ3) is 3.82. The summed E-state index contributed by atoms with van der Waals surface area (Å²) in [5.41, 5.74) is 5.56. The van der Waals surface area contributed by atoms with Gasteiger partial charge in [-0.25, -0.2) is 0 Å². The van der Waals surface area contributed by atoms with Gasteiger partial charge in [-0.2, -0.15) is 0 Å². The number of anilines is 1. The molecule has 25 heavy (non-hydrogen) atoms. The lowest BCUT2D eigenvalue weighted by Gasteiger charge is -2.21. The van der Waals surface area contributed by atoms with Gasteiger partial charge in [0.05, 0.1) is 12.5 Å². The molecule has 1 atom stereocenters. The second-order valence-electron chi connectivity index (χ2n) is 6.50. The summed E-state index contributed by atoms with van der Waals surface area (Å²) in [7, 11) is 0. The molecule has 0 fully saturated rings. The molecule has 0 spiro atoms. The van der Waals surface area contributed by atoms with Crippen LogP contribution in [0, 0.1) is 20.8 Å². The van der Waals surface area contributed by atoms with E-state index in [0.29, 0.717) is 6.42 Å². The number of carbonyl (C=O) groups excluding carboxylic acids is 1. The number of amides is 1. The molecule has 0 bridgehead atoms. The predicted molar refractivity (Wildman–Crippen MR) is 103 cm³/mol. The number of rotatable bonds is 5. The van der Waals surface area contributed by atoms with Crippen molar-refractivity contribution >= 4 is 11.6 Å². The molecule has 1 N–H and O–H groups in total. The van der Waals surface area contributed by atoms with E-state index >= 15 is 0 Å².